The summed E-state index contributed by atoms with van der Waals surface area (Å²) in [6.45, 7) is 9.78. The van der Waals surface area contributed by atoms with Crippen LogP contribution in [-0.4, -0.2) is 54.7 Å². The zero-order valence-corrected chi connectivity index (χ0v) is 18.3. The molecule has 0 bridgehead atoms. The maximum Gasteiger partial charge on any atom is 0.240 e. The van der Waals surface area contributed by atoms with Crippen molar-refractivity contribution < 1.29 is 9.59 Å². The van der Waals surface area contributed by atoms with Gasteiger partial charge in [0.15, 0.2) is 0 Å². The number of rotatable bonds is 8. The number of likely N-dealkylation sites (tertiary alicyclic amines) is 1. The fraction of sp³-hybridized carbons (Fsp3) is 0.700. The molecule has 1 aromatic rings. The van der Waals surface area contributed by atoms with Crippen LogP contribution in [0.25, 0.3) is 0 Å². The summed E-state index contributed by atoms with van der Waals surface area (Å²) >= 11 is 3.37. The molecule has 1 fully saturated rings. The van der Waals surface area contributed by atoms with Crippen molar-refractivity contribution in [3.8, 4) is 0 Å². The molecule has 150 valence electrons. The monoisotopic (exact) mass is 409 g/mol. The van der Waals surface area contributed by atoms with Gasteiger partial charge in [0.05, 0.1) is 15.6 Å². The van der Waals surface area contributed by atoms with E-state index >= 15 is 0 Å². The van der Waals surface area contributed by atoms with Crippen molar-refractivity contribution in [2.45, 2.75) is 56.7 Å². The topological polar surface area (TPSA) is 52.7 Å². The molecule has 3 rings (SSSR count). The van der Waals surface area contributed by atoms with Crippen LogP contribution in [0, 0.1) is 5.92 Å². The van der Waals surface area contributed by atoms with Crippen LogP contribution in [0.3, 0.4) is 0 Å². The van der Waals surface area contributed by atoms with Crippen LogP contribution in [0.5, 0.6) is 0 Å². The molecule has 2 aliphatic heterocycles. The van der Waals surface area contributed by atoms with Crippen molar-refractivity contribution in [3.63, 3.8) is 0 Å². The summed E-state index contributed by atoms with van der Waals surface area (Å²) in [6, 6.07) is 2.61. The molecule has 1 atom stereocenters. The largest absolute Gasteiger partial charge is 0.354 e. The van der Waals surface area contributed by atoms with Gasteiger partial charge in [-0.25, -0.2) is 0 Å². The Hall–Kier alpha value is -1.05. The predicted octanol–water partition coefficient (Wildman–Crippen LogP) is 3.38. The first-order valence-corrected chi connectivity index (χ1v) is 11.8. The van der Waals surface area contributed by atoms with Gasteiger partial charge in [0, 0.05) is 17.5 Å². The third-order valence-corrected chi connectivity index (χ3v) is 7.62. The van der Waals surface area contributed by atoms with Gasteiger partial charge < -0.3 is 15.1 Å². The molecule has 0 aromatic carbocycles. The molecule has 1 unspecified atom stereocenters. The highest BCUT2D eigenvalue weighted by molar-refractivity contribution is 8.02. The Bertz CT molecular complexity index is 668. The smallest absolute Gasteiger partial charge is 0.240 e. The molecule has 0 radical (unpaired) electrons. The Morgan fingerprint density at radius 1 is 1.26 bits per heavy atom. The van der Waals surface area contributed by atoms with Crippen LogP contribution in [-0.2, 0) is 16.0 Å². The molecular formula is C20H31N3O2S2. The zero-order chi connectivity index (χ0) is 19.4. The number of thioether (sulfide) groups is 1. The van der Waals surface area contributed by atoms with E-state index in [1.807, 2.05) is 0 Å². The minimum absolute atomic E-state index is 0.0296. The molecule has 2 aliphatic rings. The summed E-state index contributed by atoms with van der Waals surface area (Å²) < 4.78 is 1.17. The predicted molar refractivity (Wildman–Crippen MR) is 114 cm³/mol. The van der Waals surface area contributed by atoms with Crippen LogP contribution >= 0.6 is 23.1 Å². The van der Waals surface area contributed by atoms with Gasteiger partial charge >= 0.3 is 0 Å². The molecule has 1 aromatic heterocycles. The van der Waals surface area contributed by atoms with E-state index in [2.05, 4.69) is 37.1 Å². The molecule has 0 aliphatic carbocycles. The number of thiophene rings is 1. The Kier molecular flexibility index (Phi) is 7.22. The summed E-state index contributed by atoms with van der Waals surface area (Å²) in [7, 11) is 0. The third-order valence-electron chi connectivity index (χ3n) is 5.21. The van der Waals surface area contributed by atoms with E-state index in [-0.39, 0.29) is 18.4 Å². The van der Waals surface area contributed by atoms with Gasteiger partial charge in [0.2, 0.25) is 11.8 Å². The lowest BCUT2D eigenvalue weighted by Crippen LogP contribution is -2.44. The van der Waals surface area contributed by atoms with E-state index in [1.165, 1.54) is 35.0 Å². The Morgan fingerprint density at radius 2 is 2.00 bits per heavy atom. The van der Waals surface area contributed by atoms with E-state index in [0.29, 0.717) is 24.3 Å². The van der Waals surface area contributed by atoms with Crippen molar-refractivity contribution in [1.82, 2.24) is 10.2 Å². The standard InChI is InChI=1S/C20H31N3O2S2/c1-14(2)10-16-11-17-20(27-16)26-13-19(25)23(17)12-18(24)21-7-6-15(3)22-8-4-5-9-22/h11,14-15H,4-10,12-13H2,1-3H3,(H,21,24). The molecule has 1 saturated heterocycles. The second kappa shape index (κ2) is 9.43. The van der Waals surface area contributed by atoms with E-state index in [9.17, 15) is 9.59 Å². The van der Waals surface area contributed by atoms with Crippen molar-refractivity contribution >= 4 is 40.6 Å². The third kappa shape index (κ3) is 5.48. The highest BCUT2D eigenvalue weighted by Crippen LogP contribution is 2.42. The average molecular weight is 410 g/mol. The first-order valence-electron chi connectivity index (χ1n) is 10.0. The number of carbonyl (C=O) groups excluding carboxylic acids is 2. The lowest BCUT2D eigenvalue weighted by Gasteiger charge is -2.26. The maximum atomic E-state index is 12.4. The fourth-order valence-electron chi connectivity index (χ4n) is 3.70. The lowest BCUT2D eigenvalue weighted by molar-refractivity contribution is -0.123. The van der Waals surface area contributed by atoms with Crippen molar-refractivity contribution in [2.24, 2.45) is 5.92 Å². The van der Waals surface area contributed by atoms with Gasteiger partial charge in [-0.1, -0.05) is 13.8 Å². The molecule has 2 amide bonds. The Labute approximate surface area is 170 Å². The molecule has 5 nitrogen and oxygen atoms in total. The summed E-state index contributed by atoms with van der Waals surface area (Å²) in [5.74, 6) is 0.974. The van der Waals surface area contributed by atoms with E-state index in [4.69, 9.17) is 0 Å². The van der Waals surface area contributed by atoms with Gasteiger partial charge in [0.25, 0.3) is 0 Å². The summed E-state index contributed by atoms with van der Waals surface area (Å²) in [5.41, 5.74) is 0.928. The van der Waals surface area contributed by atoms with E-state index < -0.39 is 0 Å². The molecule has 27 heavy (non-hydrogen) atoms. The number of hydrogen-bond donors (Lipinski definition) is 1. The molecule has 1 N–H and O–H groups in total. The zero-order valence-electron chi connectivity index (χ0n) is 16.6. The molecule has 0 saturated carbocycles. The summed E-state index contributed by atoms with van der Waals surface area (Å²) in [6.07, 6.45) is 4.54. The lowest BCUT2D eigenvalue weighted by atomic mass is 10.1. The van der Waals surface area contributed by atoms with Gasteiger partial charge in [-0.2, -0.15) is 0 Å². The fourth-order valence-corrected chi connectivity index (χ4v) is 6.26. The van der Waals surface area contributed by atoms with Crippen LogP contribution in [0.15, 0.2) is 10.3 Å². The number of nitrogens with one attached hydrogen (secondary N) is 1. The second-order valence-corrected chi connectivity index (χ2v) is 10.4. The van der Waals surface area contributed by atoms with Crippen molar-refractivity contribution in [3.05, 3.63) is 10.9 Å². The summed E-state index contributed by atoms with van der Waals surface area (Å²) in [4.78, 5) is 30.3. The van der Waals surface area contributed by atoms with Gasteiger partial charge in [-0.05, 0) is 57.7 Å². The minimum atomic E-state index is -0.0635. The van der Waals surface area contributed by atoms with Crippen LogP contribution in [0.1, 0.15) is 44.9 Å². The minimum Gasteiger partial charge on any atom is -0.354 e. The maximum absolute atomic E-state index is 12.4. The summed E-state index contributed by atoms with van der Waals surface area (Å²) in [5, 5.41) is 3.01. The number of fused-ring (bicyclic) bond motifs is 1. The van der Waals surface area contributed by atoms with E-state index in [0.717, 1.165) is 18.5 Å². The highest BCUT2D eigenvalue weighted by atomic mass is 32.2. The Balaban J connectivity index is 1.52. The van der Waals surface area contributed by atoms with Crippen LogP contribution in [0.2, 0.25) is 0 Å². The molecular weight excluding hydrogens is 378 g/mol. The van der Waals surface area contributed by atoms with Crippen LogP contribution < -0.4 is 10.2 Å². The van der Waals surface area contributed by atoms with Gasteiger partial charge in [0.1, 0.15) is 6.54 Å². The average Bonchev–Trinajstić information content (AvgIpc) is 3.26. The molecule has 7 heteroatoms. The van der Waals surface area contributed by atoms with Crippen molar-refractivity contribution in [2.75, 3.05) is 36.8 Å². The highest BCUT2D eigenvalue weighted by Gasteiger charge is 2.29. The molecule has 0 spiro atoms. The number of amides is 2. The first kappa shape index (κ1) is 20.7. The second-order valence-electron chi connectivity index (χ2n) is 7.98. The SMILES string of the molecule is CC(C)Cc1cc2c(s1)SCC(=O)N2CC(=O)NCCC(C)N1CCCC1. The number of anilines is 1. The Morgan fingerprint density at radius 3 is 2.70 bits per heavy atom. The molecule has 3 heterocycles. The number of hydrogen-bond acceptors (Lipinski definition) is 5. The number of carbonyl (C=O) groups is 2. The number of nitrogens with zero attached hydrogens (tertiary/aromatic N) is 2. The van der Waals surface area contributed by atoms with E-state index in [1.54, 1.807) is 28.0 Å². The quantitative estimate of drug-likeness (QED) is 0.715. The van der Waals surface area contributed by atoms with Gasteiger partial charge in [-0.15, -0.1) is 23.1 Å². The first-order chi connectivity index (χ1) is 12.9. The van der Waals surface area contributed by atoms with Crippen molar-refractivity contribution in [1.29, 1.82) is 0 Å². The van der Waals surface area contributed by atoms with Gasteiger partial charge in [-0.3, -0.25) is 9.59 Å². The normalized spacial score (nSPS) is 18.8. The van der Waals surface area contributed by atoms with Crippen LogP contribution in [0.4, 0.5) is 5.69 Å².